The molecule has 39 heavy (non-hydrogen) atoms. The monoisotopic (exact) mass is 543 g/mol. The fourth-order valence-electron chi connectivity index (χ4n) is 9.82. The van der Waals surface area contributed by atoms with Crippen LogP contribution in [0.5, 0.6) is 0 Å². The van der Waals surface area contributed by atoms with Gasteiger partial charge in [-0.1, -0.05) is 38.8 Å². The number of carbonyl (C=O) groups excluding carboxylic acids is 3. The van der Waals surface area contributed by atoms with E-state index in [9.17, 15) is 24.3 Å². The van der Waals surface area contributed by atoms with Crippen LogP contribution in [0.3, 0.4) is 0 Å². The SMILES string of the molecule is CC(C)C1=CC2CC3(C=O)C4CC[C@@H](C)C4CC2(CCOC(=O)C2CCCN2C(=O)OC(C)(C)C)C13C(=O)O. The number of aldehydes is 1. The Hall–Kier alpha value is -2.38. The Morgan fingerprint density at radius 2 is 1.90 bits per heavy atom. The minimum atomic E-state index is -1.27. The largest absolute Gasteiger partial charge is 0.481 e. The third-order valence-corrected chi connectivity index (χ3v) is 11.1. The summed E-state index contributed by atoms with van der Waals surface area (Å²) in [4.78, 5) is 54.0. The molecule has 1 saturated heterocycles. The fourth-order valence-corrected chi connectivity index (χ4v) is 9.82. The molecule has 3 saturated carbocycles. The molecule has 0 aromatic heterocycles. The number of aliphatic carboxylic acids is 1. The summed E-state index contributed by atoms with van der Waals surface area (Å²) in [6, 6.07) is -0.699. The molecule has 8 heteroatoms. The van der Waals surface area contributed by atoms with Crippen LogP contribution in [-0.2, 0) is 23.9 Å². The van der Waals surface area contributed by atoms with Crippen LogP contribution in [0, 0.1) is 45.8 Å². The predicted octanol–water partition coefficient (Wildman–Crippen LogP) is 5.24. The topological polar surface area (TPSA) is 110 Å². The lowest BCUT2D eigenvalue weighted by Gasteiger charge is -2.58. The maximum absolute atomic E-state index is 13.5. The van der Waals surface area contributed by atoms with E-state index in [4.69, 9.17) is 9.47 Å². The second kappa shape index (κ2) is 9.34. The molecular weight excluding hydrogens is 498 g/mol. The lowest BCUT2D eigenvalue weighted by Crippen LogP contribution is -2.62. The molecule has 4 aliphatic carbocycles. The number of nitrogens with zero attached hydrogens (tertiary/aromatic N) is 1. The van der Waals surface area contributed by atoms with Gasteiger partial charge < -0.3 is 19.4 Å². The van der Waals surface area contributed by atoms with Crippen molar-refractivity contribution in [2.75, 3.05) is 13.2 Å². The molecule has 8 atom stereocenters. The first-order chi connectivity index (χ1) is 18.3. The second-order valence-corrected chi connectivity index (χ2v) is 14.2. The van der Waals surface area contributed by atoms with Gasteiger partial charge in [0.2, 0.25) is 0 Å². The number of hydrogen-bond acceptors (Lipinski definition) is 6. The van der Waals surface area contributed by atoms with Crippen molar-refractivity contribution in [2.45, 2.75) is 98.1 Å². The lowest BCUT2D eigenvalue weighted by atomic mass is 9.42. The van der Waals surface area contributed by atoms with E-state index < -0.39 is 45.9 Å². The van der Waals surface area contributed by atoms with Gasteiger partial charge in [0.1, 0.15) is 23.3 Å². The normalized spacial score (nSPS) is 40.4. The maximum Gasteiger partial charge on any atom is 0.411 e. The third-order valence-electron chi connectivity index (χ3n) is 11.1. The van der Waals surface area contributed by atoms with Crippen molar-refractivity contribution in [3.63, 3.8) is 0 Å². The highest BCUT2D eigenvalue weighted by atomic mass is 16.6. The predicted molar refractivity (Wildman–Crippen MR) is 144 cm³/mol. The number of rotatable bonds is 7. The summed E-state index contributed by atoms with van der Waals surface area (Å²) in [5.74, 6) is -0.590. The molecule has 4 bridgehead atoms. The van der Waals surface area contributed by atoms with Gasteiger partial charge in [-0.15, -0.1) is 0 Å². The highest BCUT2D eigenvalue weighted by molar-refractivity contribution is 5.90. The number of hydrogen-bond donors (Lipinski definition) is 1. The first-order valence-corrected chi connectivity index (χ1v) is 14.8. The fraction of sp³-hybridized carbons (Fsp3) is 0.806. The number of carboxylic acid groups (broad SMARTS) is 1. The molecule has 5 aliphatic rings. The van der Waals surface area contributed by atoms with Crippen molar-refractivity contribution in [3.05, 3.63) is 11.6 Å². The Bertz CT molecular complexity index is 1090. The summed E-state index contributed by atoms with van der Waals surface area (Å²) >= 11 is 0. The van der Waals surface area contributed by atoms with Gasteiger partial charge in [-0.05, 0) is 88.9 Å². The molecule has 1 aliphatic heterocycles. The van der Waals surface area contributed by atoms with E-state index >= 15 is 0 Å². The zero-order valence-corrected chi connectivity index (χ0v) is 24.3. The van der Waals surface area contributed by atoms with Gasteiger partial charge in [-0.2, -0.15) is 0 Å². The molecule has 0 aromatic carbocycles. The van der Waals surface area contributed by atoms with Crippen LogP contribution in [0.25, 0.3) is 0 Å². The van der Waals surface area contributed by atoms with Crippen molar-refractivity contribution in [1.82, 2.24) is 4.90 Å². The van der Waals surface area contributed by atoms with Crippen LogP contribution in [0.15, 0.2) is 11.6 Å². The van der Waals surface area contributed by atoms with E-state index in [-0.39, 0.29) is 24.4 Å². The van der Waals surface area contributed by atoms with Crippen LogP contribution in [0.4, 0.5) is 4.79 Å². The van der Waals surface area contributed by atoms with Crippen LogP contribution >= 0.6 is 0 Å². The van der Waals surface area contributed by atoms with Gasteiger partial charge >= 0.3 is 18.0 Å². The zero-order valence-electron chi connectivity index (χ0n) is 24.3. The van der Waals surface area contributed by atoms with Crippen LogP contribution in [-0.4, -0.2) is 59.1 Å². The average Bonchev–Trinajstić information content (AvgIpc) is 3.58. The van der Waals surface area contributed by atoms with Gasteiger partial charge in [-0.3, -0.25) is 9.69 Å². The highest BCUT2D eigenvalue weighted by Gasteiger charge is 2.84. The summed E-state index contributed by atoms with van der Waals surface area (Å²) in [7, 11) is 0. The van der Waals surface area contributed by atoms with Crippen LogP contribution in [0.2, 0.25) is 0 Å². The van der Waals surface area contributed by atoms with E-state index in [0.29, 0.717) is 44.1 Å². The number of fused-ring (bicyclic) bond motifs is 2. The summed E-state index contributed by atoms with van der Waals surface area (Å²) < 4.78 is 11.3. The highest BCUT2D eigenvalue weighted by Crippen LogP contribution is 2.83. The maximum atomic E-state index is 13.5. The van der Waals surface area contributed by atoms with Crippen LogP contribution < -0.4 is 0 Å². The number of carboxylic acids is 1. The van der Waals surface area contributed by atoms with E-state index in [1.807, 2.05) is 13.8 Å². The molecule has 1 heterocycles. The zero-order chi connectivity index (χ0) is 28.5. The molecule has 5 rings (SSSR count). The molecule has 7 unspecified atom stereocenters. The summed E-state index contributed by atoms with van der Waals surface area (Å²) in [5.41, 5.74) is -2.64. The van der Waals surface area contributed by atoms with Gasteiger partial charge in [0.25, 0.3) is 0 Å². The molecule has 0 radical (unpaired) electrons. The lowest BCUT2D eigenvalue weighted by molar-refractivity contribution is -0.182. The number of ether oxygens (including phenoxy) is 2. The first kappa shape index (κ1) is 28.2. The molecular formula is C31H45NO7. The van der Waals surface area contributed by atoms with Crippen molar-refractivity contribution < 1.29 is 33.8 Å². The van der Waals surface area contributed by atoms with Crippen molar-refractivity contribution in [1.29, 1.82) is 0 Å². The summed E-state index contributed by atoms with van der Waals surface area (Å²) in [5, 5.41) is 11.1. The summed E-state index contributed by atoms with van der Waals surface area (Å²) in [6.07, 6.45) is 7.47. The van der Waals surface area contributed by atoms with Gasteiger partial charge in [0, 0.05) is 12.0 Å². The molecule has 8 nitrogen and oxygen atoms in total. The Balaban J connectivity index is 1.41. The molecule has 1 N–H and O–H groups in total. The Kier molecular flexibility index (Phi) is 6.74. The molecule has 1 amide bonds. The number of carbonyl (C=O) groups is 4. The minimum absolute atomic E-state index is 0.00361. The minimum Gasteiger partial charge on any atom is -0.481 e. The number of esters is 1. The molecule has 0 aromatic rings. The van der Waals surface area contributed by atoms with Crippen LogP contribution in [0.1, 0.15) is 86.5 Å². The molecule has 4 fully saturated rings. The standard InChI is InChI=1S/C31H45NO7/c1-18(2)23-14-20-15-30(17-33)22-10-9-19(3)21(22)16-29(20,31(23,30)26(35)36)11-13-38-25(34)24-8-7-12-32(24)27(37)39-28(4,5)6/h14,17-22,24H,7-13,15-16H2,1-6H3,(H,35,36)/t19-,20?,21?,22?,24?,29?,30?,31?/m1/s1. The van der Waals surface area contributed by atoms with E-state index in [2.05, 4.69) is 13.0 Å². The Morgan fingerprint density at radius 1 is 1.18 bits per heavy atom. The Morgan fingerprint density at radius 3 is 2.51 bits per heavy atom. The van der Waals surface area contributed by atoms with Gasteiger partial charge in [0.15, 0.2) is 0 Å². The smallest absolute Gasteiger partial charge is 0.411 e. The van der Waals surface area contributed by atoms with E-state index in [1.54, 1.807) is 20.8 Å². The van der Waals surface area contributed by atoms with Crippen molar-refractivity contribution in [3.8, 4) is 0 Å². The Labute approximate surface area is 231 Å². The average molecular weight is 544 g/mol. The second-order valence-electron chi connectivity index (χ2n) is 14.2. The third kappa shape index (κ3) is 3.75. The number of allylic oxidation sites excluding steroid dienone is 1. The number of amides is 1. The first-order valence-electron chi connectivity index (χ1n) is 14.8. The van der Waals surface area contributed by atoms with Gasteiger partial charge in [-0.25, -0.2) is 9.59 Å². The quantitative estimate of drug-likeness (QED) is 0.265. The van der Waals surface area contributed by atoms with E-state index in [1.165, 1.54) is 4.90 Å². The molecule has 0 spiro atoms. The van der Waals surface area contributed by atoms with E-state index in [0.717, 1.165) is 31.1 Å². The van der Waals surface area contributed by atoms with Crippen molar-refractivity contribution >= 4 is 24.3 Å². The van der Waals surface area contributed by atoms with Gasteiger partial charge in [0.05, 0.1) is 12.0 Å². The summed E-state index contributed by atoms with van der Waals surface area (Å²) in [6.45, 7) is 12.2. The molecule has 216 valence electrons. The number of likely N-dealkylation sites (tertiary alicyclic amines) is 1. The van der Waals surface area contributed by atoms with Crippen molar-refractivity contribution in [2.24, 2.45) is 45.8 Å².